The molecule has 0 bridgehead atoms. The van der Waals surface area contributed by atoms with Gasteiger partial charge in [-0.3, -0.25) is 0 Å². The smallest absolute Gasteiger partial charge is 0.340 e. The van der Waals surface area contributed by atoms with E-state index in [-0.39, 0.29) is 12.2 Å². The number of esters is 2. The van der Waals surface area contributed by atoms with Crippen LogP contribution in [0.25, 0.3) is 0 Å². The van der Waals surface area contributed by atoms with Gasteiger partial charge in [0.2, 0.25) is 6.29 Å². The first-order chi connectivity index (χ1) is 17.1. The molecule has 1 N–H and O–H groups in total. The van der Waals surface area contributed by atoms with Gasteiger partial charge in [-0.05, 0) is 24.3 Å². The van der Waals surface area contributed by atoms with Crippen molar-refractivity contribution in [3.8, 4) is 0 Å². The Balaban J connectivity index is 1.38. The van der Waals surface area contributed by atoms with Crippen LogP contribution in [0.2, 0.25) is 0 Å². The minimum Gasteiger partial charge on any atom is -0.449 e. The number of aliphatic hydroxyl groups is 1. The maximum absolute atomic E-state index is 12.8. The van der Waals surface area contributed by atoms with E-state index in [0.717, 1.165) is 5.56 Å². The van der Waals surface area contributed by atoms with E-state index in [4.69, 9.17) is 23.7 Å². The van der Waals surface area contributed by atoms with Gasteiger partial charge >= 0.3 is 11.9 Å². The van der Waals surface area contributed by atoms with E-state index >= 15 is 0 Å². The summed E-state index contributed by atoms with van der Waals surface area (Å²) < 4.78 is 28.9. The third kappa shape index (κ3) is 5.11. The van der Waals surface area contributed by atoms with Crippen LogP contribution < -0.4 is 0 Å². The fraction of sp³-hybridized carbons (Fsp3) is 0.259. The van der Waals surface area contributed by atoms with Gasteiger partial charge in [0.05, 0.1) is 17.7 Å². The zero-order valence-electron chi connectivity index (χ0n) is 18.6. The Morgan fingerprint density at radius 1 is 0.743 bits per heavy atom. The molecule has 3 aromatic carbocycles. The van der Waals surface area contributed by atoms with Crippen molar-refractivity contribution < 1.29 is 38.4 Å². The van der Waals surface area contributed by atoms with E-state index in [1.54, 1.807) is 60.7 Å². The zero-order valence-corrected chi connectivity index (χ0v) is 18.6. The monoisotopic (exact) mass is 476 g/mol. The largest absolute Gasteiger partial charge is 0.449 e. The van der Waals surface area contributed by atoms with Crippen LogP contribution in [0.4, 0.5) is 0 Å². The van der Waals surface area contributed by atoms with Crippen molar-refractivity contribution in [2.24, 2.45) is 0 Å². The van der Waals surface area contributed by atoms with E-state index in [2.05, 4.69) is 0 Å². The molecule has 2 fully saturated rings. The van der Waals surface area contributed by atoms with Crippen molar-refractivity contribution in [3.63, 3.8) is 0 Å². The van der Waals surface area contributed by atoms with Crippen LogP contribution >= 0.6 is 0 Å². The first-order valence-electron chi connectivity index (χ1n) is 11.3. The number of hydrogen-bond donors (Lipinski definition) is 1. The lowest BCUT2D eigenvalue weighted by atomic mass is 9.97. The van der Waals surface area contributed by atoms with E-state index < -0.39 is 48.9 Å². The first kappa shape index (κ1) is 23.2. The molecule has 35 heavy (non-hydrogen) atoms. The Morgan fingerprint density at radius 2 is 1.29 bits per heavy atom. The molecule has 2 saturated heterocycles. The molecule has 3 unspecified atom stereocenters. The molecule has 0 radical (unpaired) electrons. The second kappa shape index (κ2) is 10.4. The number of ether oxygens (including phenoxy) is 5. The van der Waals surface area contributed by atoms with E-state index in [1.165, 1.54) is 0 Å². The van der Waals surface area contributed by atoms with Crippen LogP contribution in [0.5, 0.6) is 0 Å². The number of aliphatic hydroxyl groups excluding tert-OH is 1. The Kier molecular flexibility index (Phi) is 6.87. The van der Waals surface area contributed by atoms with Gasteiger partial charge in [-0.25, -0.2) is 9.59 Å². The van der Waals surface area contributed by atoms with E-state index in [9.17, 15) is 14.7 Å². The standard InChI is InChI=1S/C27H24O8/c28-21-22-20(16-31-26(34-22)19-14-8-3-9-15-19)32-27(35-25(30)18-12-6-2-7-13-18)23(21)33-24(29)17-10-4-1-5-11-17/h1-15,20-23,26-28H,16H2/t20?,21-,22+,23?,26?,27-/m0/s1. The van der Waals surface area contributed by atoms with Gasteiger partial charge in [0.1, 0.15) is 18.3 Å². The average Bonchev–Trinajstić information content (AvgIpc) is 2.92. The SMILES string of the molecule is O=C(OC1[C@H](OC(=O)c2ccccc2)OC2COC(c3ccccc3)O[C@H]2[C@@H]1O)c1ccccc1. The molecule has 0 amide bonds. The normalized spacial score (nSPS) is 27.9. The minimum atomic E-state index is -1.37. The van der Waals surface area contributed by atoms with Crippen LogP contribution in [0.15, 0.2) is 91.0 Å². The molecule has 6 atom stereocenters. The summed E-state index contributed by atoms with van der Waals surface area (Å²) in [5, 5.41) is 11.2. The summed E-state index contributed by atoms with van der Waals surface area (Å²) in [6.07, 6.45) is -6.40. The lowest BCUT2D eigenvalue weighted by molar-refractivity contribution is -0.352. The molecule has 8 heteroatoms. The second-order valence-corrected chi connectivity index (χ2v) is 8.22. The number of hydrogen-bond acceptors (Lipinski definition) is 8. The van der Waals surface area contributed by atoms with Crippen molar-refractivity contribution in [2.75, 3.05) is 6.61 Å². The van der Waals surface area contributed by atoms with Crippen molar-refractivity contribution in [3.05, 3.63) is 108 Å². The number of benzene rings is 3. The Labute approximate surface area is 202 Å². The summed E-state index contributed by atoms with van der Waals surface area (Å²) in [6, 6.07) is 25.9. The summed E-state index contributed by atoms with van der Waals surface area (Å²) in [5.74, 6) is -1.37. The van der Waals surface area contributed by atoms with Crippen LogP contribution in [-0.2, 0) is 23.7 Å². The number of carbonyl (C=O) groups excluding carboxylic acids is 2. The van der Waals surface area contributed by atoms with Gasteiger partial charge < -0.3 is 28.8 Å². The predicted octanol–water partition coefficient (Wildman–Crippen LogP) is 3.27. The van der Waals surface area contributed by atoms with Gasteiger partial charge in [-0.15, -0.1) is 0 Å². The van der Waals surface area contributed by atoms with Crippen LogP contribution in [-0.4, -0.2) is 54.4 Å². The van der Waals surface area contributed by atoms with E-state index in [1.807, 2.05) is 30.3 Å². The molecular weight excluding hydrogens is 452 g/mol. The fourth-order valence-electron chi connectivity index (χ4n) is 4.08. The first-order valence-corrected chi connectivity index (χ1v) is 11.3. The molecule has 2 heterocycles. The van der Waals surface area contributed by atoms with Crippen LogP contribution in [0.3, 0.4) is 0 Å². The fourth-order valence-corrected chi connectivity index (χ4v) is 4.08. The molecule has 0 aliphatic carbocycles. The molecule has 2 aliphatic heterocycles. The molecular formula is C27H24O8. The predicted molar refractivity (Wildman–Crippen MR) is 122 cm³/mol. The maximum atomic E-state index is 12.8. The molecule has 8 nitrogen and oxygen atoms in total. The van der Waals surface area contributed by atoms with Crippen molar-refractivity contribution >= 4 is 11.9 Å². The summed E-state index contributed by atoms with van der Waals surface area (Å²) in [6.45, 7) is 0.0834. The highest BCUT2D eigenvalue weighted by molar-refractivity contribution is 5.90. The average molecular weight is 476 g/mol. The highest BCUT2D eigenvalue weighted by Crippen LogP contribution is 2.35. The lowest BCUT2D eigenvalue weighted by Crippen LogP contribution is -2.63. The summed E-state index contributed by atoms with van der Waals surface area (Å²) in [4.78, 5) is 25.5. The lowest BCUT2D eigenvalue weighted by Gasteiger charge is -2.46. The van der Waals surface area contributed by atoms with Crippen molar-refractivity contribution in [1.82, 2.24) is 0 Å². The quantitative estimate of drug-likeness (QED) is 0.560. The highest BCUT2D eigenvalue weighted by atomic mass is 16.8. The zero-order chi connectivity index (χ0) is 24.2. The summed E-state index contributed by atoms with van der Waals surface area (Å²) >= 11 is 0. The van der Waals surface area contributed by atoms with E-state index in [0.29, 0.717) is 5.56 Å². The minimum absolute atomic E-state index is 0.0834. The third-order valence-electron chi connectivity index (χ3n) is 5.87. The van der Waals surface area contributed by atoms with Crippen LogP contribution in [0, 0.1) is 0 Å². The maximum Gasteiger partial charge on any atom is 0.340 e. The van der Waals surface area contributed by atoms with Gasteiger partial charge in [-0.1, -0.05) is 66.7 Å². The number of carbonyl (C=O) groups is 2. The number of fused-ring (bicyclic) bond motifs is 1. The van der Waals surface area contributed by atoms with Gasteiger partial charge in [0.15, 0.2) is 12.4 Å². The highest BCUT2D eigenvalue weighted by Gasteiger charge is 2.52. The Hall–Kier alpha value is -3.56. The topological polar surface area (TPSA) is 101 Å². The Morgan fingerprint density at radius 3 is 1.89 bits per heavy atom. The molecule has 0 spiro atoms. The molecule has 2 aliphatic rings. The van der Waals surface area contributed by atoms with Gasteiger partial charge in [0.25, 0.3) is 0 Å². The Bertz CT molecular complexity index is 1140. The molecule has 0 aromatic heterocycles. The second-order valence-electron chi connectivity index (χ2n) is 8.22. The summed E-state index contributed by atoms with van der Waals surface area (Å²) in [7, 11) is 0. The molecule has 3 aromatic rings. The number of rotatable bonds is 5. The van der Waals surface area contributed by atoms with Gasteiger partial charge in [0, 0.05) is 5.56 Å². The van der Waals surface area contributed by atoms with Gasteiger partial charge in [-0.2, -0.15) is 0 Å². The van der Waals surface area contributed by atoms with Crippen LogP contribution in [0.1, 0.15) is 32.6 Å². The van der Waals surface area contributed by atoms with Crippen molar-refractivity contribution in [1.29, 1.82) is 0 Å². The van der Waals surface area contributed by atoms with Crippen molar-refractivity contribution in [2.45, 2.75) is 37.0 Å². The third-order valence-corrected chi connectivity index (χ3v) is 5.87. The molecule has 5 rings (SSSR count). The molecule has 0 saturated carbocycles. The summed E-state index contributed by atoms with van der Waals surface area (Å²) in [5.41, 5.74) is 1.35. The molecule has 180 valence electrons.